The summed E-state index contributed by atoms with van der Waals surface area (Å²) in [6.45, 7) is 11.0. The van der Waals surface area contributed by atoms with Crippen LogP contribution in [0.25, 0.3) is 0 Å². The molecule has 0 aliphatic carbocycles. The van der Waals surface area contributed by atoms with Gasteiger partial charge in [0.15, 0.2) is 0 Å². The van der Waals surface area contributed by atoms with Gasteiger partial charge in [-0.1, -0.05) is 33.6 Å². The molecule has 2 nitrogen and oxygen atoms in total. The van der Waals surface area contributed by atoms with Crippen molar-refractivity contribution < 1.29 is 9.47 Å². The lowest BCUT2D eigenvalue weighted by Gasteiger charge is -2.31. The second-order valence-electron chi connectivity index (χ2n) is 4.08. The van der Waals surface area contributed by atoms with Gasteiger partial charge in [-0.15, -0.1) is 0 Å². The fourth-order valence-corrected chi connectivity index (χ4v) is 1.72. The van der Waals surface area contributed by atoms with Gasteiger partial charge >= 0.3 is 0 Å². The molecule has 0 aliphatic rings. The fraction of sp³-hybridized carbons (Fsp3) is 1.00. The van der Waals surface area contributed by atoms with E-state index in [0.717, 1.165) is 32.7 Å². The topological polar surface area (TPSA) is 18.5 Å². The number of hydrogen-bond donors (Lipinski definition) is 0. The lowest BCUT2D eigenvalue weighted by atomic mass is 9.98. The molecular weight excluding hydrogens is 188 g/mol. The Labute approximate surface area is 95.3 Å². The molecule has 0 spiro atoms. The van der Waals surface area contributed by atoms with Gasteiger partial charge in [0.2, 0.25) is 0 Å². The van der Waals surface area contributed by atoms with Crippen LogP contribution in [-0.4, -0.2) is 25.4 Å². The Morgan fingerprint density at radius 3 is 2.07 bits per heavy atom. The van der Waals surface area contributed by atoms with Crippen molar-refractivity contribution in [1.29, 1.82) is 0 Å². The number of ether oxygens (including phenoxy) is 2. The van der Waals surface area contributed by atoms with Gasteiger partial charge in [-0.2, -0.15) is 0 Å². The molecule has 2 heteroatoms. The molecule has 0 atom stereocenters. The minimum atomic E-state index is -0.0407. The molecule has 0 rings (SSSR count). The average Bonchev–Trinajstić information content (AvgIpc) is 2.27. The van der Waals surface area contributed by atoms with Crippen LogP contribution in [0.3, 0.4) is 0 Å². The van der Waals surface area contributed by atoms with Crippen LogP contribution >= 0.6 is 0 Å². The molecule has 0 aliphatic heterocycles. The Hall–Kier alpha value is -0.0800. The number of hydrogen-bond acceptors (Lipinski definition) is 2. The zero-order chi connectivity index (χ0) is 11.6. The first kappa shape index (κ1) is 14.9. The Bertz CT molecular complexity index is 130. The third-order valence-electron chi connectivity index (χ3n) is 3.00. The fourth-order valence-electron chi connectivity index (χ4n) is 1.72. The summed E-state index contributed by atoms with van der Waals surface area (Å²) in [7, 11) is 0. The van der Waals surface area contributed by atoms with Crippen LogP contribution in [0.4, 0.5) is 0 Å². The Kier molecular flexibility index (Phi) is 9.12. The van der Waals surface area contributed by atoms with Gasteiger partial charge in [-0.05, 0) is 26.2 Å². The Morgan fingerprint density at radius 1 is 0.933 bits per heavy atom. The van der Waals surface area contributed by atoms with Crippen LogP contribution in [0.1, 0.15) is 59.8 Å². The molecule has 0 saturated heterocycles. The highest BCUT2D eigenvalue weighted by atomic mass is 16.5. The van der Waals surface area contributed by atoms with Crippen molar-refractivity contribution in [2.75, 3.05) is 19.8 Å². The molecule has 0 fully saturated rings. The van der Waals surface area contributed by atoms with Crippen molar-refractivity contribution in [3.05, 3.63) is 0 Å². The minimum absolute atomic E-state index is 0.0407. The highest BCUT2D eigenvalue weighted by Gasteiger charge is 2.26. The largest absolute Gasteiger partial charge is 0.378 e. The van der Waals surface area contributed by atoms with Crippen molar-refractivity contribution >= 4 is 0 Å². The van der Waals surface area contributed by atoms with E-state index in [0.29, 0.717) is 0 Å². The number of rotatable bonds is 10. The quantitative estimate of drug-likeness (QED) is 0.517. The van der Waals surface area contributed by atoms with E-state index in [2.05, 4.69) is 27.7 Å². The normalized spacial score (nSPS) is 12.0. The SMILES string of the molecule is CCCCCOCC(CC)(CC)OCC. The van der Waals surface area contributed by atoms with Gasteiger partial charge in [-0.3, -0.25) is 0 Å². The van der Waals surface area contributed by atoms with Crippen molar-refractivity contribution in [1.82, 2.24) is 0 Å². The van der Waals surface area contributed by atoms with Crippen LogP contribution in [0.15, 0.2) is 0 Å². The van der Waals surface area contributed by atoms with Gasteiger partial charge in [0.25, 0.3) is 0 Å². The molecule has 0 saturated carbocycles. The van der Waals surface area contributed by atoms with E-state index in [9.17, 15) is 0 Å². The smallest absolute Gasteiger partial charge is 0.0909 e. The molecular formula is C13H28O2. The predicted octanol–water partition coefficient (Wildman–Crippen LogP) is 3.79. The first-order valence-electron chi connectivity index (χ1n) is 6.46. The third kappa shape index (κ3) is 6.16. The molecule has 0 radical (unpaired) electrons. The van der Waals surface area contributed by atoms with Crippen molar-refractivity contribution in [3.8, 4) is 0 Å². The van der Waals surface area contributed by atoms with Gasteiger partial charge in [0.1, 0.15) is 0 Å². The van der Waals surface area contributed by atoms with E-state index >= 15 is 0 Å². The molecule has 15 heavy (non-hydrogen) atoms. The van der Waals surface area contributed by atoms with E-state index in [-0.39, 0.29) is 5.60 Å². The van der Waals surface area contributed by atoms with Crippen LogP contribution in [0.2, 0.25) is 0 Å². The number of unbranched alkanes of at least 4 members (excludes halogenated alkanes) is 2. The van der Waals surface area contributed by atoms with Crippen LogP contribution < -0.4 is 0 Å². The summed E-state index contributed by atoms with van der Waals surface area (Å²) >= 11 is 0. The standard InChI is InChI=1S/C13H28O2/c1-5-9-10-11-14-12-13(6-2,7-3)15-8-4/h5-12H2,1-4H3. The summed E-state index contributed by atoms with van der Waals surface area (Å²) in [4.78, 5) is 0. The van der Waals surface area contributed by atoms with Gasteiger partial charge in [-0.25, -0.2) is 0 Å². The highest BCUT2D eigenvalue weighted by molar-refractivity contribution is 4.77. The zero-order valence-corrected chi connectivity index (χ0v) is 11.0. The Balaban J connectivity index is 3.74. The van der Waals surface area contributed by atoms with E-state index in [4.69, 9.17) is 9.47 Å². The van der Waals surface area contributed by atoms with Gasteiger partial charge < -0.3 is 9.47 Å². The van der Waals surface area contributed by atoms with E-state index in [1.807, 2.05) is 0 Å². The molecule has 0 heterocycles. The molecule has 0 amide bonds. The van der Waals surface area contributed by atoms with Crippen LogP contribution in [0, 0.1) is 0 Å². The summed E-state index contributed by atoms with van der Waals surface area (Å²) in [6.07, 6.45) is 5.75. The lowest BCUT2D eigenvalue weighted by Crippen LogP contribution is -2.36. The molecule has 0 N–H and O–H groups in total. The summed E-state index contributed by atoms with van der Waals surface area (Å²) < 4.78 is 11.5. The second kappa shape index (κ2) is 9.17. The zero-order valence-electron chi connectivity index (χ0n) is 11.0. The van der Waals surface area contributed by atoms with E-state index < -0.39 is 0 Å². The molecule has 0 unspecified atom stereocenters. The van der Waals surface area contributed by atoms with Crippen molar-refractivity contribution in [3.63, 3.8) is 0 Å². The lowest BCUT2D eigenvalue weighted by molar-refractivity contribution is -0.0987. The van der Waals surface area contributed by atoms with Gasteiger partial charge in [0, 0.05) is 13.2 Å². The van der Waals surface area contributed by atoms with E-state index in [1.54, 1.807) is 0 Å². The molecule has 0 aromatic heterocycles. The van der Waals surface area contributed by atoms with Crippen molar-refractivity contribution in [2.45, 2.75) is 65.4 Å². The predicted molar refractivity (Wildman–Crippen MR) is 65.3 cm³/mol. The minimum Gasteiger partial charge on any atom is -0.378 e. The summed E-state index contributed by atoms with van der Waals surface area (Å²) in [5.41, 5.74) is -0.0407. The average molecular weight is 216 g/mol. The highest BCUT2D eigenvalue weighted by Crippen LogP contribution is 2.21. The molecule has 0 aromatic rings. The summed E-state index contributed by atoms with van der Waals surface area (Å²) in [5.74, 6) is 0. The first-order valence-corrected chi connectivity index (χ1v) is 6.46. The second-order valence-corrected chi connectivity index (χ2v) is 4.08. The molecule has 0 aromatic carbocycles. The van der Waals surface area contributed by atoms with Gasteiger partial charge in [0.05, 0.1) is 12.2 Å². The molecule has 92 valence electrons. The monoisotopic (exact) mass is 216 g/mol. The third-order valence-corrected chi connectivity index (χ3v) is 3.00. The Morgan fingerprint density at radius 2 is 1.60 bits per heavy atom. The maximum Gasteiger partial charge on any atom is 0.0909 e. The van der Waals surface area contributed by atoms with Crippen LogP contribution in [0.5, 0.6) is 0 Å². The maximum absolute atomic E-state index is 5.81. The molecule has 0 bridgehead atoms. The van der Waals surface area contributed by atoms with Crippen LogP contribution in [-0.2, 0) is 9.47 Å². The first-order chi connectivity index (χ1) is 7.24. The van der Waals surface area contributed by atoms with E-state index in [1.165, 1.54) is 19.3 Å². The maximum atomic E-state index is 5.81. The summed E-state index contributed by atoms with van der Waals surface area (Å²) in [6, 6.07) is 0. The summed E-state index contributed by atoms with van der Waals surface area (Å²) in [5, 5.41) is 0. The van der Waals surface area contributed by atoms with Crippen molar-refractivity contribution in [2.24, 2.45) is 0 Å².